The van der Waals surface area contributed by atoms with Gasteiger partial charge < -0.3 is 13.3 Å². The van der Waals surface area contributed by atoms with Crippen molar-refractivity contribution in [2.45, 2.75) is 20.8 Å². The summed E-state index contributed by atoms with van der Waals surface area (Å²) in [4.78, 5) is 0. The first-order valence-corrected chi connectivity index (χ1v) is 8.90. The van der Waals surface area contributed by atoms with Crippen LogP contribution in [0.5, 0.6) is 0 Å². The quantitative estimate of drug-likeness (QED) is 0.451. The summed E-state index contributed by atoms with van der Waals surface area (Å²) in [6.07, 6.45) is 0.803. The fraction of sp³-hybridized carbons (Fsp3) is 1.00. The van der Waals surface area contributed by atoms with Crippen LogP contribution in [0.3, 0.4) is 0 Å². The topological polar surface area (TPSA) is 71.1 Å². The van der Waals surface area contributed by atoms with Gasteiger partial charge in [0.2, 0.25) is 0 Å². The molecule has 0 amide bonds. The van der Waals surface area contributed by atoms with Crippen LogP contribution in [-0.2, 0) is 27.6 Å². The molecule has 0 fully saturated rings. The van der Waals surface area contributed by atoms with Crippen LogP contribution in [0.1, 0.15) is 20.8 Å². The van der Waals surface area contributed by atoms with Crippen LogP contribution < -0.4 is 0 Å². The third kappa shape index (κ3) is 6.56. The molecule has 0 rings (SSSR count). The van der Waals surface area contributed by atoms with E-state index in [1.165, 1.54) is 0 Å². The van der Waals surface area contributed by atoms with Gasteiger partial charge in [-0.1, -0.05) is 0 Å². The van der Waals surface area contributed by atoms with E-state index in [0.717, 1.165) is 6.26 Å². The second-order valence-corrected chi connectivity index (χ2v) is 7.11. The first kappa shape index (κ1) is 16.0. The molecule has 0 saturated heterocycles. The summed E-state index contributed by atoms with van der Waals surface area (Å²) in [5, 5.41) is 0. The van der Waals surface area contributed by atoms with Crippen molar-refractivity contribution >= 4 is 18.9 Å². The van der Waals surface area contributed by atoms with Crippen LogP contribution in [-0.4, -0.2) is 49.5 Å². The maximum Gasteiger partial charge on any atom is 0.529 e. The van der Waals surface area contributed by atoms with Crippen LogP contribution in [0.4, 0.5) is 0 Å². The van der Waals surface area contributed by atoms with E-state index in [4.69, 9.17) is 17.5 Å². The first-order valence-electron chi connectivity index (χ1n) is 5.15. The van der Waals surface area contributed by atoms with Gasteiger partial charge in [-0.25, -0.2) is 0 Å². The highest BCUT2D eigenvalue weighted by Gasteiger charge is 2.42. The molecule has 6 nitrogen and oxygen atoms in total. The molecular weight excluding hydrogens is 252 g/mol. The standard InChI is InChI=1S/C8H20O6SSi/c1-5-12-16(13-6-2,14-7-3)8-11-15(4,9)10/h5-8H2,1-4H3. The molecule has 0 aliphatic carbocycles. The van der Waals surface area contributed by atoms with Crippen LogP contribution in [0, 0.1) is 0 Å². The number of hydrogen-bond acceptors (Lipinski definition) is 6. The summed E-state index contributed by atoms with van der Waals surface area (Å²) in [5.41, 5.74) is 0. The normalized spacial score (nSPS) is 13.0. The molecule has 0 radical (unpaired) electrons. The third-order valence-corrected chi connectivity index (χ3v) is 4.98. The van der Waals surface area contributed by atoms with Gasteiger partial charge in [-0.15, -0.1) is 0 Å². The molecule has 0 unspecified atom stereocenters. The van der Waals surface area contributed by atoms with Crippen molar-refractivity contribution in [1.29, 1.82) is 0 Å². The summed E-state index contributed by atoms with van der Waals surface area (Å²) >= 11 is 0. The molecule has 0 saturated carbocycles. The van der Waals surface area contributed by atoms with Gasteiger partial charge in [-0.2, -0.15) is 8.42 Å². The predicted molar refractivity (Wildman–Crippen MR) is 61.4 cm³/mol. The lowest BCUT2D eigenvalue weighted by Crippen LogP contribution is -2.51. The van der Waals surface area contributed by atoms with Gasteiger partial charge >= 0.3 is 8.80 Å². The third-order valence-electron chi connectivity index (χ3n) is 1.54. The van der Waals surface area contributed by atoms with Crippen molar-refractivity contribution in [2.75, 3.05) is 32.3 Å². The molecule has 0 aromatic carbocycles. The number of rotatable bonds is 9. The zero-order valence-electron chi connectivity index (χ0n) is 10.2. The molecule has 8 heteroatoms. The van der Waals surface area contributed by atoms with Gasteiger partial charge in [-0.05, 0) is 20.8 Å². The Labute approximate surface area is 98.3 Å². The van der Waals surface area contributed by atoms with Crippen molar-refractivity contribution in [3.8, 4) is 0 Å². The first-order chi connectivity index (χ1) is 7.39. The number of hydrogen-bond donors (Lipinski definition) is 0. The van der Waals surface area contributed by atoms with Crippen LogP contribution in [0.15, 0.2) is 0 Å². The van der Waals surface area contributed by atoms with E-state index in [9.17, 15) is 8.42 Å². The van der Waals surface area contributed by atoms with Crippen LogP contribution in [0.25, 0.3) is 0 Å². The average molecular weight is 272 g/mol. The molecular formula is C8H20O6SSi. The van der Waals surface area contributed by atoms with Crippen molar-refractivity contribution < 1.29 is 25.9 Å². The van der Waals surface area contributed by atoms with E-state index in [1.54, 1.807) is 20.8 Å². The summed E-state index contributed by atoms with van der Waals surface area (Å²) in [7, 11) is -6.52. The van der Waals surface area contributed by atoms with E-state index in [2.05, 4.69) is 0 Å². The lowest BCUT2D eigenvalue weighted by Gasteiger charge is -2.27. The SMILES string of the molecule is CCO[Si](COS(C)(=O)=O)(OCC)OCC. The second-order valence-electron chi connectivity index (χ2n) is 2.95. The Balaban J connectivity index is 4.58. The van der Waals surface area contributed by atoms with Gasteiger partial charge in [0.25, 0.3) is 10.1 Å². The summed E-state index contributed by atoms with van der Waals surface area (Å²) < 4.78 is 42.8. The molecule has 0 aromatic heterocycles. The predicted octanol–water partition coefficient (Wildman–Crippen LogP) is 0.550. The van der Waals surface area contributed by atoms with Gasteiger partial charge in [0.15, 0.2) is 0 Å². The molecule has 16 heavy (non-hydrogen) atoms. The molecule has 0 atom stereocenters. The molecule has 98 valence electrons. The monoisotopic (exact) mass is 272 g/mol. The van der Waals surface area contributed by atoms with Gasteiger partial charge in [0.1, 0.15) is 6.23 Å². The minimum absolute atomic E-state index is 0.179. The van der Waals surface area contributed by atoms with Crippen molar-refractivity contribution in [2.24, 2.45) is 0 Å². The Morgan fingerprint density at radius 3 is 1.56 bits per heavy atom. The smallest absolute Gasteiger partial charge is 0.372 e. The van der Waals surface area contributed by atoms with E-state index in [-0.39, 0.29) is 6.23 Å². The largest absolute Gasteiger partial charge is 0.529 e. The molecule has 0 aliphatic heterocycles. The Bertz CT molecular complexity index is 261. The van der Waals surface area contributed by atoms with Crippen molar-refractivity contribution in [3.63, 3.8) is 0 Å². The molecule has 0 bridgehead atoms. The Morgan fingerprint density at radius 1 is 0.938 bits per heavy atom. The van der Waals surface area contributed by atoms with Crippen LogP contribution >= 0.6 is 0 Å². The molecule has 0 heterocycles. The zero-order valence-corrected chi connectivity index (χ0v) is 12.0. The highest BCUT2D eigenvalue weighted by molar-refractivity contribution is 7.86. The maximum absolute atomic E-state index is 10.9. The fourth-order valence-corrected chi connectivity index (χ4v) is 4.34. The summed E-state index contributed by atoms with van der Waals surface area (Å²) in [5.74, 6) is 0. The highest BCUT2D eigenvalue weighted by atomic mass is 32.2. The van der Waals surface area contributed by atoms with Crippen molar-refractivity contribution in [1.82, 2.24) is 0 Å². The zero-order chi connectivity index (χ0) is 12.7. The Hall–Kier alpha value is 0.00688. The minimum Gasteiger partial charge on any atom is -0.372 e. The van der Waals surface area contributed by atoms with E-state index in [1.807, 2.05) is 0 Å². The van der Waals surface area contributed by atoms with Gasteiger partial charge in [-0.3, -0.25) is 4.18 Å². The Kier molecular flexibility index (Phi) is 7.36. The lowest BCUT2D eigenvalue weighted by atomic mass is 10.9. The highest BCUT2D eigenvalue weighted by Crippen LogP contribution is 2.11. The second kappa shape index (κ2) is 7.36. The van der Waals surface area contributed by atoms with Gasteiger partial charge in [0.05, 0.1) is 6.26 Å². The molecule has 0 aliphatic rings. The fourth-order valence-electron chi connectivity index (χ4n) is 1.09. The van der Waals surface area contributed by atoms with Crippen molar-refractivity contribution in [3.05, 3.63) is 0 Å². The minimum atomic E-state index is -3.52. The lowest BCUT2D eigenvalue weighted by molar-refractivity contribution is 0.0550. The van der Waals surface area contributed by atoms with E-state index >= 15 is 0 Å². The average Bonchev–Trinajstić information content (AvgIpc) is 2.15. The molecule has 0 aromatic rings. The van der Waals surface area contributed by atoms with Crippen LogP contribution in [0.2, 0.25) is 0 Å². The summed E-state index contributed by atoms with van der Waals surface area (Å²) in [6.45, 7) is 6.54. The van der Waals surface area contributed by atoms with E-state index < -0.39 is 18.9 Å². The summed E-state index contributed by atoms with van der Waals surface area (Å²) in [6, 6.07) is 0. The van der Waals surface area contributed by atoms with Gasteiger partial charge in [0, 0.05) is 19.8 Å². The van der Waals surface area contributed by atoms with E-state index in [0.29, 0.717) is 19.8 Å². The Morgan fingerprint density at radius 2 is 1.31 bits per heavy atom. The molecule has 0 N–H and O–H groups in total. The molecule has 0 spiro atoms. The maximum atomic E-state index is 10.9.